The van der Waals surface area contributed by atoms with Gasteiger partial charge in [0.05, 0.1) is 26.2 Å². The van der Waals surface area contributed by atoms with Gasteiger partial charge < -0.3 is 14.2 Å². The van der Waals surface area contributed by atoms with Crippen molar-refractivity contribution in [2.75, 3.05) is 27.4 Å². The molecule has 9 nitrogen and oxygen atoms in total. The summed E-state index contributed by atoms with van der Waals surface area (Å²) in [4.78, 5) is 30.9. The number of nitrogens with zero attached hydrogens (tertiary/aromatic N) is 3. The number of carbonyl (C=O) groups is 1. The number of methoxy groups -OCH3 is 2. The zero-order valence-electron chi connectivity index (χ0n) is 21.3. The Kier molecular flexibility index (Phi) is 9.96. The lowest BCUT2D eigenvalue weighted by molar-refractivity contribution is -0.384. The Morgan fingerprint density at radius 3 is 2.62 bits per heavy atom. The molecule has 1 heterocycles. The lowest BCUT2D eigenvalue weighted by Gasteiger charge is -2.15. The molecule has 3 aromatic carbocycles. The molecule has 39 heavy (non-hydrogen) atoms. The zero-order valence-corrected chi connectivity index (χ0v) is 24.3. The van der Waals surface area contributed by atoms with E-state index in [1.807, 2.05) is 42.5 Å². The maximum atomic E-state index is 13.4. The number of amidine groups is 1. The molecular formula is C28H26IN3O6S. The summed E-state index contributed by atoms with van der Waals surface area (Å²) in [7, 11) is 3.18. The van der Waals surface area contributed by atoms with Crippen LogP contribution in [0.5, 0.6) is 11.5 Å². The van der Waals surface area contributed by atoms with Crippen molar-refractivity contribution >= 4 is 62.9 Å². The Hall–Kier alpha value is -3.42. The lowest BCUT2D eigenvalue weighted by atomic mass is 10.1. The molecule has 1 saturated heterocycles. The van der Waals surface area contributed by atoms with Crippen molar-refractivity contribution in [1.82, 2.24) is 4.90 Å². The molecule has 0 aliphatic carbocycles. The van der Waals surface area contributed by atoms with Crippen molar-refractivity contribution < 1.29 is 23.9 Å². The minimum absolute atomic E-state index is 0.00454. The highest BCUT2D eigenvalue weighted by atomic mass is 127. The number of hydrogen-bond donors (Lipinski definition) is 0. The number of amides is 1. The summed E-state index contributed by atoms with van der Waals surface area (Å²) in [5.74, 6) is 0.889. The van der Waals surface area contributed by atoms with E-state index in [2.05, 4.69) is 22.6 Å². The summed E-state index contributed by atoms with van der Waals surface area (Å²) in [6.07, 6.45) is 2.51. The predicted octanol–water partition coefficient (Wildman–Crippen LogP) is 6.43. The van der Waals surface area contributed by atoms with Crippen LogP contribution in [0.4, 0.5) is 11.4 Å². The van der Waals surface area contributed by atoms with Crippen LogP contribution in [0.2, 0.25) is 0 Å². The summed E-state index contributed by atoms with van der Waals surface area (Å²) in [6.45, 7) is 1.17. The molecule has 1 fully saturated rings. The van der Waals surface area contributed by atoms with Gasteiger partial charge in [0.2, 0.25) is 0 Å². The number of non-ortho nitro benzene ring substituents is 1. The third-order valence-electron chi connectivity index (χ3n) is 5.65. The highest BCUT2D eigenvalue weighted by Gasteiger charge is 2.33. The van der Waals surface area contributed by atoms with Gasteiger partial charge in [0.1, 0.15) is 6.61 Å². The first-order chi connectivity index (χ1) is 18.9. The molecule has 1 aliphatic heterocycles. The van der Waals surface area contributed by atoms with Gasteiger partial charge in [-0.25, -0.2) is 4.99 Å². The summed E-state index contributed by atoms with van der Waals surface area (Å²) < 4.78 is 17.5. The predicted molar refractivity (Wildman–Crippen MR) is 160 cm³/mol. The van der Waals surface area contributed by atoms with Crippen molar-refractivity contribution in [3.05, 3.63) is 96.4 Å². The van der Waals surface area contributed by atoms with Gasteiger partial charge in [-0.3, -0.25) is 19.8 Å². The molecule has 1 amide bonds. The first kappa shape index (κ1) is 28.6. The Morgan fingerprint density at radius 1 is 1.10 bits per heavy atom. The van der Waals surface area contributed by atoms with E-state index in [0.29, 0.717) is 46.7 Å². The van der Waals surface area contributed by atoms with Gasteiger partial charge in [0.15, 0.2) is 16.7 Å². The number of rotatable bonds is 11. The number of ether oxygens (including phenoxy) is 3. The standard InChI is InChI=1S/C28H26IN3O6S/c1-36-13-7-12-31-27(33)25(39-28(31)30-21-9-4-3-5-10-21)17-20-15-23(29)26(24(16-20)37-2)38-18-19-8-6-11-22(14-19)32(34)35/h3-6,8-11,14-17H,7,12-13,18H2,1-2H3/b25-17-,30-28?. The Bertz CT molecular complexity index is 1410. The molecule has 3 aromatic rings. The van der Waals surface area contributed by atoms with Crippen LogP contribution in [0.15, 0.2) is 76.6 Å². The monoisotopic (exact) mass is 659 g/mol. The number of hydrogen-bond acceptors (Lipinski definition) is 8. The average Bonchev–Trinajstić information content (AvgIpc) is 3.21. The molecular weight excluding hydrogens is 633 g/mol. The number of thioether (sulfide) groups is 1. The number of nitro benzene ring substituents is 1. The maximum absolute atomic E-state index is 13.4. The van der Waals surface area contributed by atoms with Gasteiger partial charge in [0.25, 0.3) is 11.6 Å². The van der Waals surface area contributed by atoms with E-state index in [1.165, 1.54) is 23.9 Å². The van der Waals surface area contributed by atoms with E-state index in [1.54, 1.807) is 37.3 Å². The van der Waals surface area contributed by atoms with Gasteiger partial charge in [-0.2, -0.15) is 0 Å². The molecule has 1 aliphatic rings. The number of para-hydroxylation sites is 1. The Morgan fingerprint density at radius 2 is 1.90 bits per heavy atom. The molecule has 0 bridgehead atoms. The summed E-state index contributed by atoms with van der Waals surface area (Å²) >= 11 is 3.48. The molecule has 202 valence electrons. The maximum Gasteiger partial charge on any atom is 0.269 e. The lowest BCUT2D eigenvalue weighted by Crippen LogP contribution is -2.30. The van der Waals surface area contributed by atoms with Crippen molar-refractivity contribution in [3.63, 3.8) is 0 Å². The van der Waals surface area contributed by atoms with Gasteiger partial charge >= 0.3 is 0 Å². The SMILES string of the molecule is COCCCN1C(=O)/C(=C/c2cc(I)c(OCc3cccc([N+](=O)[O-])c3)c(OC)c2)SC1=Nc1ccccc1. The van der Waals surface area contributed by atoms with E-state index in [0.717, 1.165) is 14.8 Å². The van der Waals surface area contributed by atoms with Gasteiger partial charge in [-0.05, 0) is 82.2 Å². The molecule has 0 N–H and O–H groups in total. The molecule has 11 heteroatoms. The van der Waals surface area contributed by atoms with E-state index in [-0.39, 0.29) is 18.2 Å². The van der Waals surface area contributed by atoms with Gasteiger partial charge in [-0.15, -0.1) is 0 Å². The van der Waals surface area contributed by atoms with E-state index >= 15 is 0 Å². The number of carbonyl (C=O) groups excluding carboxylic acids is 1. The van der Waals surface area contributed by atoms with E-state index in [9.17, 15) is 14.9 Å². The summed E-state index contributed by atoms with van der Waals surface area (Å²) in [5.41, 5.74) is 2.21. The van der Waals surface area contributed by atoms with E-state index < -0.39 is 4.92 Å². The summed E-state index contributed by atoms with van der Waals surface area (Å²) in [6, 6.07) is 19.5. The Balaban J connectivity index is 1.58. The minimum atomic E-state index is -0.437. The van der Waals surface area contributed by atoms with Crippen LogP contribution in [0, 0.1) is 13.7 Å². The molecule has 0 saturated carbocycles. The van der Waals surface area contributed by atoms with Crippen LogP contribution < -0.4 is 9.47 Å². The fraction of sp³-hybridized carbons (Fsp3) is 0.214. The van der Waals surface area contributed by atoms with Crippen molar-refractivity contribution in [2.45, 2.75) is 13.0 Å². The number of benzene rings is 3. The third kappa shape index (κ3) is 7.37. The molecule has 0 spiro atoms. The topological polar surface area (TPSA) is 104 Å². The van der Waals surface area contributed by atoms with Gasteiger partial charge in [0, 0.05) is 32.4 Å². The number of halogens is 1. The largest absolute Gasteiger partial charge is 0.493 e. The normalized spacial score (nSPS) is 15.3. The average molecular weight is 660 g/mol. The van der Waals surface area contributed by atoms with Crippen LogP contribution >= 0.6 is 34.4 Å². The highest BCUT2D eigenvalue weighted by molar-refractivity contribution is 14.1. The second-order valence-electron chi connectivity index (χ2n) is 8.39. The van der Waals surface area contributed by atoms with Crippen molar-refractivity contribution in [2.24, 2.45) is 4.99 Å². The molecule has 0 unspecified atom stereocenters. The van der Waals surface area contributed by atoms with Crippen molar-refractivity contribution in [1.29, 1.82) is 0 Å². The highest BCUT2D eigenvalue weighted by Crippen LogP contribution is 2.38. The molecule has 0 aromatic heterocycles. The Labute approximate surface area is 244 Å². The molecule has 0 atom stereocenters. The zero-order chi connectivity index (χ0) is 27.8. The first-order valence-corrected chi connectivity index (χ1v) is 13.9. The van der Waals surface area contributed by atoms with Crippen LogP contribution in [-0.4, -0.2) is 48.3 Å². The summed E-state index contributed by atoms with van der Waals surface area (Å²) in [5, 5.41) is 11.7. The van der Waals surface area contributed by atoms with Crippen molar-refractivity contribution in [3.8, 4) is 11.5 Å². The second kappa shape index (κ2) is 13.6. The number of nitro groups is 1. The fourth-order valence-electron chi connectivity index (χ4n) is 3.80. The minimum Gasteiger partial charge on any atom is -0.493 e. The second-order valence-corrected chi connectivity index (χ2v) is 10.6. The first-order valence-electron chi connectivity index (χ1n) is 12.0. The van der Waals surface area contributed by atoms with Crippen LogP contribution in [0.1, 0.15) is 17.5 Å². The third-order valence-corrected chi connectivity index (χ3v) is 7.46. The molecule has 0 radical (unpaired) electrons. The number of aliphatic imine (C=N–C) groups is 1. The quantitative estimate of drug-likeness (QED) is 0.0769. The van der Waals surface area contributed by atoms with Gasteiger partial charge in [-0.1, -0.05) is 30.3 Å². The van der Waals surface area contributed by atoms with Crippen LogP contribution in [0.3, 0.4) is 0 Å². The van der Waals surface area contributed by atoms with E-state index in [4.69, 9.17) is 19.2 Å². The molecule has 4 rings (SSSR count). The van der Waals surface area contributed by atoms with Crippen LogP contribution in [-0.2, 0) is 16.1 Å². The van der Waals surface area contributed by atoms with Crippen LogP contribution in [0.25, 0.3) is 6.08 Å². The fourth-order valence-corrected chi connectivity index (χ4v) is 5.60. The smallest absolute Gasteiger partial charge is 0.269 e.